The zero-order chi connectivity index (χ0) is 26.8. The molecule has 3 aromatic rings. The highest BCUT2D eigenvalue weighted by Gasteiger charge is 2.30. The van der Waals surface area contributed by atoms with E-state index in [1.807, 2.05) is 68.4 Å². The molecule has 196 valence electrons. The lowest BCUT2D eigenvalue weighted by atomic mass is 9.99. The minimum atomic E-state index is -0.601. The second-order valence-electron chi connectivity index (χ2n) is 10.1. The molecule has 1 N–H and O–H groups in total. The van der Waals surface area contributed by atoms with Crippen LogP contribution < -0.4 is 5.32 Å². The van der Waals surface area contributed by atoms with E-state index in [-0.39, 0.29) is 17.9 Å². The first-order valence-corrected chi connectivity index (χ1v) is 14.0. The molecule has 3 rings (SSSR count). The van der Waals surface area contributed by atoms with Crippen LogP contribution in [0, 0.1) is 0 Å². The van der Waals surface area contributed by atoms with Crippen molar-refractivity contribution in [3.8, 4) is 0 Å². The van der Waals surface area contributed by atoms with E-state index in [9.17, 15) is 9.59 Å². The summed E-state index contributed by atoms with van der Waals surface area (Å²) in [5.74, 6) is 0.348. The van der Waals surface area contributed by atoms with E-state index in [0.29, 0.717) is 31.7 Å². The Hall–Kier alpha value is -2.92. The summed E-state index contributed by atoms with van der Waals surface area (Å²) in [7, 11) is 0. The summed E-state index contributed by atoms with van der Waals surface area (Å²) in [6, 6.07) is 25.8. The first-order valence-electron chi connectivity index (χ1n) is 13.2. The van der Waals surface area contributed by atoms with Crippen molar-refractivity contribution in [2.24, 2.45) is 0 Å². The summed E-state index contributed by atoms with van der Waals surface area (Å²) < 4.78 is 0.981. The molecule has 0 saturated carbocycles. The molecule has 0 aliphatic carbocycles. The number of nitrogens with one attached hydrogen (secondary N) is 1. The third-order valence-electron chi connectivity index (χ3n) is 6.81. The van der Waals surface area contributed by atoms with Gasteiger partial charge in [-0.3, -0.25) is 9.59 Å². The maximum atomic E-state index is 13.8. The number of benzene rings is 3. The molecule has 3 aromatic carbocycles. The summed E-state index contributed by atoms with van der Waals surface area (Å²) in [5.41, 5.74) is 4.44. The number of rotatable bonds is 12. The maximum Gasteiger partial charge on any atom is 0.243 e. The Morgan fingerprint density at radius 1 is 0.838 bits per heavy atom. The summed E-state index contributed by atoms with van der Waals surface area (Å²) in [6.07, 6.45) is 2.28. The van der Waals surface area contributed by atoms with Gasteiger partial charge in [-0.25, -0.2) is 0 Å². The number of halogens is 1. The number of amides is 2. The van der Waals surface area contributed by atoms with Gasteiger partial charge in [-0.2, -0.15) is 0 Å². The van der Waals surface area contributed by atoms with E-state index in [4.69, 9.17) is 0 Å². The van der Waals surface area contributed by atoms with Crippen LogP contribution in [0.4, 0.5) is 0 Å². The van der Waals surface area contributed by atoms with Crippen LogP contribution in [-0.2, 0) is 29.0 Å². The van der Waals surface area contributed by atoms with Gasteiger partial charge >= 0.3 is 0 Å². The summed E-state index contributed by atoms with van der Waals surface area (Å²) >= 11 is 3.49. The number of carbonyl (C=O) groups is 2. The van der Waals surface area contributed by atoms with E-state index in [1.54, 1.807) is 4.90 Å². The Morgan fingerprint density at radius 2 is 1.46 bits per heavy atom. The molecule has 0 aliphatic heterocycles. The highest BCUT2D eigenvalue weighted by molar-refractivity contribution is 9.10. The molecule has 0 heterocycles. The lowest BCUT2D eigenvalue weighted by Crippen LogP contribution is -2.52. The van der Waals surface area contributed by atoms with Crippen molar-refractivity contribution >= 4 is 27.7 Å². The van der Waals surface area contributed by atoms with Crippen molar-refractivity contribution in [2.75, 3.05) is 0 Å². The molecule has 2 amide bonds. The van der Waals surface area contributed by atoms with Gasteiger partial charge in [0.15, 0.2) is 0 Å². The van der Waals surface area contributed by atoms with Crippen LogP contribution in [0.15, 0.2) is 83.3 Å². The van der Waals surface area contributed by atoms with Gasteiger partial charge in [-0.1, -0.05) is 103 Å². The SMILES string of the molecule is CC[C@@H](C)NC(=O)[C@H](Cc1ccccc1)N(Cc1ccc(Br)cc1)C(=O)CCc1ccc(C(C)C)cc1. The Labute approximate surface area is 230 Å². The number of hydrogen-bond acceptors (Lipinski definition) is 2. The second kappa shape index (κ2) is 14.1. The predicted molar refractivity (Wildman–Crippen MR) is 155 cm³/mol. The van der Waals surface area contributed by atoms with Gasteiger partial charge in [0.1, 0.15) is 6.04 Å². The number of aryl methyl sites for hydroxylation is 1. The first kappa shape index (κ1) is 28.6. The van der Waals surface area contributed by atoms with Crippen LogP contribution >= 0.6 is 15.9 Å². The average molecular weight is 564 g/mol. The molecule has 0 spiro atoms. The molecule has 0 fully saturated rings. The molecule has 0 bridgehead atoms. The maximum absolute atomic E-state index is 13.8. The topological polar surface area (TPSA) is 49.4 Å². The van der Waals surface area contributed by atoms with Crippen molar-refractivity contribution in [1.82, 2.24) is 10.2 Å². The van der Waals surface area contributed by atoms with Gasteiger partial charge in [-0.15, -0.1) is 0 Å². The van der Waals surface area contributed by atoms with E-state index in [1.165, 1.54) is 5.56 Å². The predicted octanol–water partition coefficient (Wildman–Crippen LogP) is 7.06. The molecular weight excluding hydrogens is 524 g/mol. The Morgan fingerprint density at radius 3 is 2.05 bits per heavy atom. The van der Waals surface area contributed by atoms with Gasteiger partial charge in [0.25, 0.3) is 0 Å². The van der Waals surface area contributed by atoms with Crippen molar-refractivity contribution in [3.63, 3.8) is 0 Å². The normalized spacial score (nSPS) is 12.7. The smallest absolute Gasteiger partial charge is 0.243 e. The number of hydrogen-bond donors (Lipinski definition) is 1. The minimum absolute atomic E-state index is 0.0175. The summed E-state index contributed by atoms with van der Waals surface area (Å²) in [5, 5.41) is 3.13. The van der Waals surface area contributed by atoms with Crippen LogP contribution in [0.3, 0.4) is 0 Å². The fourth-order valence-electron chi connectivity index (χ4n) is 4.25. The van der Waals surface area contributed by atoms with Crippen LogP contribution in [-0.4, -0.2) is 28.8 Å². The molecule has 0 radical (unpaired) electrons. The molecule has 37 heavy (non-hydrogen) atoms. The Bertz CT molecular complexity index is 1130. The molecular formula is C32H39BrN2O2. The number of carbonyl (C=O) groups excluding carboxylic acids is 2. The van der Waals surface area contributed by atoms with Gasteiger partial charge < -0.3 is 10.2 Å². The summed E-state index contributed by atoms with van der Waals surface area (Å²) in [4.78, 5) is 29.1. The first-order chi connectivity index (χ1) is 17.8. The third kappa shape index (κ3) is 8.85. The highest BCUT2D eigenvalue weighted by atomic mass is 79.9. The monoisotopic (exact) mass is 562 g/mol. The Balaban J connectivity index is 1.88. The zero-order valence-electron chi connectivity index (χ0n) is 22.4. The lowest BCUT2D eigenvalue weighted by molar-refractivity contribution is -0.141. The standard InChI is InChI=1S/C32H39BrN2O2/c1-5-24(4)34-32(37)30(21-26-9-7-6-8-10-26)35(22-27-13-18-29(33)19-14-27)31(36)20-15-25-11-16-28(17-12-25)23(2)3/h6-14,16-19,23-24,30H,5,15,20-22H2,1-4H3,(H,34,37)/t24-,30+/m1/s1. The Kier molecular flexibility index (Phi) is 10.9. The molecule has 0 saturated heterocycles. The van der Waals surface area contributed by atoms with Crippen molar-refractivity contribution < 1.29 is 9.59 Å². The van der Waals surface area contributed by atoms with E-state index in [2.05, 4.69) is 59.4 Å². The molecule has 5 heteroatoms. The third-order valence-corrected chi connectivity index (χ3v) is 7.34. The van der Waals surface area contributed by atoms with E-state index < -0.39 is 6.04 Å². The van der Waals surface area contributed by atoms with Crippen LogP contribution in [0.2, 0.25) is 0 Å². The van der Waals surface area contributed by atoms with Crippen molar-refractivity contribution in [1.29, 1.82) is 0 Å². The van der Waals surface area contributed by atoms with Gasteiger partial charge in [0, 0.05) is 29.9 Å². The fraction of sp³-hybridized carbons (Fsp3) is 0.375. The lowest BCUT2D eigenvalue weighted by Gasteiger charge is -2.32. The summed E-state index contributed by atoms with van der Waals surface area (Å²) in [6.45, 7) is 8.78. The van der Waals surface area contributed by atoms with Gasteiger partial charge in [0.05, 0.1) is 0 Å². The van der Waals surface area contributed by atoms with Crippen molar-refractivity contribution in [3.05, 3.63) is 106 Å². The quantitative estimate of drug-likeness (QED) is 0.257. The minimum Gasteiger partial charge on any atom is -0.352 e. The second-order valence-corrected chi connectivity index (χ2v) is 11.0. The van der Waals surface area contributed by atoms with Crippen LogP contribution in [0.25, 0.3) is 0 Å². The largest absolute Gasteiger partial charge is 0.352 e. The van der Waals surface area contributed by atoms with Gasteiger partial charge in [0.2, 0.25) is 11.8 Å². The van der Waals surface area contributed by atoms with Crippen LogP contribution in [0.1, 0.15) is 68.7 Å². The molecule has 0 unspecified atom stereocenters. The zero-order valence-corrected chi connectivity index (χ0v) is 24.0. The molecule has 0 aromatic heterocycles. The van der Waals surface area contributed by atoms with Crippen LogP contribution in [0.5, 0.6) is 0 Å². The fourth-order valence-corrected chi connectivity index (χ4v) is 4.51. The van der Waals surface area contributed by atoms with Gasteiger partial charge in [-0.05, 0) is 60.1 Å². The van der Waals surface area contributed by atoms with E-state index in [0.717, 1.165) is 27.6 Å². The molecule has 0 aliphatic rings. The highest BCUT2D eigenvalue weighted by Crippen LogP contribution is 2.20. The van der Waals surface area contributed by atoms with E-state index >= 15 is 0 Å². The molecule has 4 nitrogen and oxygen atoms in total. The van der Waals surface area contributed by atoms with Crippen molar-refractivity contribution in [2.45, 2.75) is 77.9 Å². The average Bonchev–Trinajstić information content (AvgIpc) is 2.91. The molecule has 2 atom stereocenters. The number of nitrogens with zero attached hydrogens (tertiary/aromatic N) is 1.